The molecule has 0 bridgehead atoms. The topological polar surface area (TPSA) is 81.9 Å². The van der Waals surface area contributed by atoms with Crippen molar-refractivity contribution in [3.63, 3.8) is 0 Å². The van der Waals surface area contributed by atoms with Gasteiger partial charge in [0.15, 0.2) is 0 Å². The molecule has 7 nitrogen and oxygen atoms in total. The zero-order valence-corrected chi connectivity index (χ0v) is 15.0. The Bertz CT molecular complexity index is 1040. The number of esters is 1. The van der Waals surface area contributed by atoms with Gasteiger partial charge < -0.3 is 14.4 Å². The van der Waals surface area contributed by atoms with Gasteiger partial charge in [-0.05, 0) is 17.5 Å². The highest BCUT2D eigenvalue weighted by Gasteiger charge is 2.23. The number of benzene rings is 3. The Morgan fingerprint density at radius 1 is 1.04 bits per heavy atom. The van der Waals surface area contributed by atoms with Crippen LogP contribution in [0.25, 0.3) is 10.8 Å². The molecule has 3 aromatic carbocycles. The molecule has 0 unspecified atom stereocenters. The first-order chi connectivity index (χ1) is 13.6. The summed E-state index contributed by atoms with van der Waals surface area (Å²) in [5.74, 6) is -0.205. The van der Waals surface area contributed by atoms with Crippen LogP contribution in [0.1, 0.15) is 10.4 Å². The van der Waals surface area contributed by atoms with Gasteiger partial charge in [0, 0.05) is 30.6 Å². The van der Waals surface area contributed by atoms with Crippen LogP contribution in [0.3, 0.4) is 0 Å². The van der Waals surface area contributed by atoms with Crippen molar-refractivity contribution in [2.75, 3.05) is 31.2 Å². The summed E-state index contributed by atoms with van der Waals surface area (Å²) in [6, 6.07) is 17.3. The molecule has 0 amide bonds. The third-order valence-corrected chi connectivity index (χ3v) is 4.71. The molecule has 0 atom stereocenters. The Kier molecular flexibility index (Phi) is 4.90. The van der Waals surface area contributed by atoms with Gasteiger partial charge in [0.2, 0.25) is 0 Å². The molecule has 0 saturated carbocycles. The van der Waals surface area contributed by atoms with E-state index in [1.807, 2.05) is 35.2 Å². The molecular formula is C21H18N2O5. The Hall–Kier alpha value is -3.45. The zero-order valence-electron chi connectivity index (χ0n) is 15.0. The van der Waals surface area contributed by atoms with Crippen LogP contribution in [-0.4, -0.2) is 37.2 Å². The molecule has 0 aliphatic carbocycles. The molecule has 1 aliphatic heterocycles. The van der Waals surface area contributed by atoms with Crippen molar-refractivity contribution >= 4 is 28.1 Å². The normalized spacial score (nSPS) is 14.1. The fourth-order valence-electron chi connectivity index (χ4n) is 3.32. The van der Waals surface area contributed by atoms with Gasteiger partial charge in [-0.3, -0.25) is 10.1 Å². The standard InChI is InChI=1S/C21H18N2O5/c24-21(28-20-7-3-5-15-4-1-2-6-17(15)20)18-14-16(23(25)26)8-9-19(18)22-10-12-27-13-11-22/h1-9,14H,10-13H2. The van der Waals surface area contributed by atoms with Crippen LogP contribution in [0, 0.1) is 10.1 Å². The van der Waals surface area contributed by atoms with E-state index < -0.39 is 10.9 Å². The zero-order chi connectivity index (χ0) is 19.5. The van der Waals surface area contributed by atoms with Gasteiger partial charge in [0.05, 0.1) is 29.4 Å². The van der Waals surface area contributed by atoms with Gasteiger partial charge in [-0.1, -0.05) is 36.4 Å². The SMILES string of the molecule is O=C(Oc1cccc2ccccc12)c1cc([N+](=O)[O-])ccc1N1CCOCC1. The van der Waals surface area contributed by atoms with E-state index in [1.165, 1.54) is 12.1 Å². The van der Waals surface area contributed by atoms with Crippen LogP contribution in [0.5, 0.6) is 5.75 Å². The van der Waals surface area contributed by atoms with E-state index >= 15 is 0 Å². The van der Waals surface area contributed by atoms with Crippen LogP contribution in [0.2, 0.25) is 0 Å². The number of fused-ring (bicyclic) bond motifs is 1. The number of hydrogen-bond acceptors (Lipinski definition) is 6. The van der Waals surface area contributed by atoms with Crippen LogP contribution >= 0.6 is 0 Å². The van der Waals surface area contributed by atoms with Crippen LogP contribution in [0.4, 0.5) is 11.4 Å². The molecule has 1 fully saturated rings. The number of hydrogen-bond donors (Lipinski definition) is 0. The number of nitrogens with zero attached hydrogens (tertiary/aromatic N) is 2. The van der Waals surface area contributed by atoms with Gasteiger partial charge in [-0.2, -0.15) is 0 Å². The number of non-ortho nitro benzene ring substituents is 1. The van der Waals surface area contributed by atoms with Crippen LogP contribution in [0.15, 0.2) is 60.7 Å². The van der Waals surface area contributed by atoms with Crippen molar-refractivity contribution in [1.29, 1.82) is 0 Å². The summed E-state index contributed by atoms with van der Waals surface area (Å²) in [6.07, 6.45) is 0. The summed E-state index contributed by atoms with van der Waals surface area (Å²) < 4.78 is 11.0. The third-order valence-electron chi connectivity index (χ3n) is 4.71. The highest BCUT2D eigenvalue weighted by molar-refractivity contribution is 6.00. The lowest BCUT2D eigenvalue weighted by Crippen LogP contribution is -2.37. The lowest BCUT2D eigenvalue weighted by Gasteiger charge is -2.30. The Morgan fingerprint density at radius 2 is 1.79 bits per heavy atom. The van der Waals surface area contributed by atoms with E-state index in [4.69, 9.17) is 9.47 Å². The summed E-state index contributed by atoms with van der Waals surface area (Å²) in [6.45, 7) is 2.28. The van der Waals surface area contributed by atoms with E-state index in [9.17, 15) is 14.9 Å². The monoisotopic (exact) mass is 378 g/mol. The molecule has 7 heteroatoms. The molecule has 0 spiro atoms. The van der Waals surface area contributed by atoms with Gasteiger partial charge >= 0.3 is 5.97 Å². The average Bonchev–Trinajstić information content (AvgIpc) is 2.74. The maximum Gasteiger partial charge on any atom is 0.345 e. The Morgan fingerprint density at radius 3 is 2.57 bits per heavy atom. The fourth-order valence-corrected chi connectivity index (χ4v) is 3.32. The van der Waals surface area contributed by atoms with Gasteiger partial charge in [0.1, 0.15) is 5.75 Å². The minimum Gasteiger partial charge on any atom is -0.422 e. The molecule has 142 valence electrons. The number of morpholine rings is 1. The second-order valence-electron chi connectivity index (χ2n) is 6.42. The first kappa shape index (κ1) is 17.9. The number of nitro benzene ring substituents is 1. The maximum atomic E-state index is 13.0. The van der Waals surface area contributed by atoms with Crippen molar-refractivity contribution in [1.82, 2.24) is 0 Å². The first-order valence-corrected chi connectivity index (χ1v) is 8.94. The van der Waals surface area contributed by atoms with Crippen LogP contribution < -0.4 is 9.64 Å². The summed E-state index contributed by atoms with van der Waals surface area (Å²) in [7, 11) is 0. The highest BCUT2D eigenvalue weighted by Crippen LogP contribution is 2.30. The molecule has 28 heavy (non-hydrogen) atoms. The average molecular weight is 378 g/mol. The lowest BCUT2D eigenvalue weighted by molar-refractivity contribution is -0.384. The second kappa shape index (κ2) is 7.66. The summed E-state index contributed by atoms with van der Waals surface area (Å²) in [5, 5.41) is 13.0. The fraction of sp³-hybridized carbons (Fsp3) is 0.190. The Labute approximate surface area is 161 Å². The second-order valence-corrected chi connectivity index (χ2v) is 6.42. The number of carbonyl (C=O) groups is 1. The minimum atomic E-state index is -0.624. The van der Waals surface area contributed by atoms with E-state index in [-0.39, 0.29) is 11.3 Å². The molecule has 3 aromatic rings. The number of nitro groups is 1. The molecule has 0 aromatic heterocycles. The van der Waals surface area contributed by atoms with Crippen molar-refractivity contribution < 1.29 is 19.2 Å². The summed E-state index contributed by atoms with van der Waals surface area (Å²) in [4.78, 5) is 25.7. The number of ether oxygens (including phenoxy) is 2. The Balaban J connectivity index is 1.72. The molecule has 0 N–H and O–H groups in total. The lowest BCUT2D eigenvalue weighted by atomic mass is 10.1. The molecule has 0 radical (unpaired) electrons. The first-order valence-electron chi connectivity index (χ1n) is 8.94. The van der Waals surface area contributed by atoms with Crippen molar-refractivity contribution in [2.24, 2.45) is 0 Å². The van der Waals surface area contributed by atoms with E-state index in [1.54, 1.807) is 18.2 Å². The van der Waals surface area contributed by atoms with Gasteiger partial charge in [-0.15, -0.1) is 0 Å². The summed E-state index contributed by atoms with van der Waals surface area (Å²) >= 11 is 0. The third kappa shape index (κ3) is 3.52. The minimum absolute atomic E-state index is 0.151. The molecule has 1 heterocycles. The summed E-state index contributed by atoms with van der Waals surface area (Å²) in [5.41, 5.74) is 0.630. The maximum absolute atomic E-state index is 13.0. The smallest absolute Gasteiger partial charge is 0.345 e. The molecule has 1 saturated heterocycles. The number of anilines is 1. The molecular weight excluding hydrogens is 360 g/mol. The van der Waals surface area contributed by atoms with Gasteiger partial charge in [-0.25, -0.2) is 4.79 Å². The van der Waals surface area contributed by atoms with E-state index in [0.717, 1.165) is 10.8 Å². The van der Waals surface area contributed by atoms with Crippen molar-refractivity contribution in [3.8, 4) is 5.75 Å². The largest absolute Gasteiger partial charge is 0.422 e. The quantitative estimate of drug-likeness (QED) is 0.297. The predicted molar refractivity (Wildman–Crippen MR) is 105 cm³/mol. The highest BCUT2D eigenvalue weighted by atomic mass is 16.6. The van der Waals surface area contributed by atoms with Crippen molar-refractivity contribution in [2.45, 2.75) is 0 Å². The predicted octanol–water partition coefficient (Wildman–Crippen LogP) is 3.80. The molecule has 4 rings (SSSR count). The number of carbonyl (C=O) groups excluding carboxylic acids is 1. The van der Waals surface area contributed by atoms with Crippen molar-refractivity contribution in [3.05, 3.63) is 76.3 Å². The van der Waals surface area contributed by atoms with Crippen LogP contribution in [-0.2, 0) is 4.74 Å². The van der Waals surface area contributed by atoms with E-state index in [0.29, 0.717) is 37.7 Å². The van der Waals surface area contributed by atoms with Gasteiger partial charge in [0.25, 0.3) is 5.69 Å². The number of rotatable bonds is 4. The van der Waals surface area contributed by atoms with E-state index in [2.05, 4.69) is 0 Å². The molecule has 1 aliphatic rings.